The number of aryl methyl sites for hydroxylation is 1. The van der Waals surface area contributed by atoms with Gasteiger partial charge in [-0.25, -0.2) is 9.97 Å². The quantitative estimate of drug-likeness (QED) is 0.728. The highest BCUT2D eigenvalue weighted by Crippen LogP contribution is 2.30. The number of hydrogen-bond acceptors (Lipinski definition) is 7. The standard InChI is InChI=1S/C18H17N5O2S2/c1-11-14(27-16(21-11)12-5-2-3-7-19-12)17(25)23-9-4-6-13(23)15(24)22-18-20-8-10-26-18/h2-3,5,7-8,10,13H,4,6,9H2,1H3,(H,20,22,24). The predicted molar refractivity (Wildman–Crippen MR) is 105 cm³/mol. The van der Waals surface area contributed by atoms with Crippen molar-refractivity contribution in [1.82, 2.24) is 19.9 Å². The smallest absolute Gasteiger partial charge is 0.266 e. The largest absolute Gasteiger partial charge is 0.326 e. The Balaban J connectivity index is 1.55. The monoisotopic (exact) mass is 399 g/mol. The van der Waals surface area contributed by atoms with Crippen molar-refractivity contribution in [3.63, 3.8) is 0 Å². The SMILES string of the molecule is Cc1nc(-c2ccccn2)sc1C(=O)N1CCCC1C(=O)Nc1nccs1. The average Bonchev–Trinajstić information content (AvgIpc) is 3.42. The van der Waals surface area contributed by atoms with Gasteiger partial charge in [0.05, 0.1) is 11.4 Å². The maximum Gasteiger partial charge on any atom is 0.266 e. The molecule has 2 amide bonds. The third-order valence-electron chi connectivity index (χ3n) is 4.35. The van der Waals surface area contributed by atoms with Gasteiger partial charge in [0.25, 0.3) is 5.91 Å². The van der Waals surface area contributed by atoms with Crippen molar-refractivity contribution in [3.8, 4) is 10.7 Å². The number of likely N-dealkylation sites (tertiary alicyclic amines) is 1. The molecular formula is C18H17N5O2S2. The number of nitrogens with one attached hydrogen (secondary N) is 1. The minimum atomic E-state index is -0.485. The van der Waals surface area contributed by atoms with E-state index < -0.39 is 6.04 Å². The van der Waals surface area contributed by atoms with Gasteiger partial charge in [-0.1, -0.05) is 6.07 Å². The molecule has 4 heterocycles. The Kier molecular flexibility index (Phi) is 4.95. The molecule has 1 N–H and O–H groups in total. The van der Waals surface area contributed by atoms with Crippen LogP contribution in [0.5, 0.6) is 0 Å². The highest BCUT2D eigenvalue weighted by Gasteiger charge is 2.36. The Hall–Kier alpha value is -2.65. The zero-order valence-electron chi connectivity index (χ0n) is 14.6. The molecule has 0 saturated carbocycles. The number of nitrogens with zero attached hydrogens (tertiary/aromatic N) is 4. The second kappa shape index (κ2) is 7.53. The van der Waals surface area contributed by atoms with Gasteiger partial charge in [0.2, 0.25) is 5.91 Å². The van der Waals surface area contributed by atoms with Crippen LogP contribution in [-0.4, -0.2) is 44.3 Å². The van der Waals surface area contributed by atoms with Crippen molar-refractivity contribution in [3.05, 3.63) is 46.5 Å². The lowest BCUT2D eigenvalue weighted by molar-refractivity contribution is -0.119. The van der Waals surface area contributed by atoms with Crippen molar-refractivity contribution >= 4 is 39.6 Å². The summed E-state index contributed by atoms with van der Waals surface area (Å²) in [6.07, 6.45) is 4.78. The molecule has 1 atom stereocenters. The van der Waals surface area contributed by atoms with E-state index >= 15 is 0 Å². The first-order valence-corrected chi connectivity index (χ1v) is 10.2. The topological polar surface area (TPSA) is 88.1 Å². The molecule has 0 radical (unpaired) electrons. The fraction of sp³-hybridized carbons (Fsp3) is 0.278. The van der Waals surface area contributed by atoms with Gasteiger partial charge in [-0.05, 0) is 31.9 Å². The van der Waals surface area contributed by atoms with E-state index in [1.54, 1.807) is 22.7 Å². The first-order valence-electron chi connectivity index (χ1n) is 8.53. The molecule has 7 nitrogen and oxygen atoms in total. The van der Waals surface area contributed by atoms with Crippen LogP contribution >= 0.6 is 22.7 Å². The summed E-state index contributed by atoms with van der Waals surface area (Å²) in [5.74, 6) is -0.341. The van der Waals surface area contributed by atoms with Gasteiger partial charge in [0.15, 0.2) is 5.13 Å². The molecule has 1 aliphatic heterocycles. The Bertz CT molecular complexity index is 956. The summed E-state index contributed by atoms with van der Waals surface area (Å²) in [6.45, 7) is 2.38. The molecule has 0 aliphatic carbocycles. The normalized spacial score (nSPS) is 16.5. The number of pyridine rings is 1. The Morgan fingerprint density at radius 3 is 2.89 bits per heavy atom. The van der Waals surface area contributed by atoms with Gasteiger partial charge < -0.3 is 10.2 Å². The lowest BCUT2D eigenvalue weighted by atomic mass is 10.2. The average molecular weight is 400 g/mol. The van der Waals surface area contributed by atoms with Gasteiger partial charge in [-0.15, -0.1) is 22.7 Å². The van der Waals surface area contributed by atoms with E-state index in [1.165, 1.54) is 22.7 Å². The lowest BCUT2D eigenvalue weighted by Crippen LogP contribution is -2.43. The Morgan fingerprint density at radius 2 is 2.15 bits per heavy atom. The lowest BCUT2D eigenvalue weighted by Gasteiger charge is -2.23. The van der Waals surface area contributed by atoms with E-state index in [-0.39, 0.29) is 11.8 Å². The zero-order valence-corrected chi connectivity index (χ0v) is 16.2. The van der Waals surface area contributed by atoms with E-state index in [4.69, 9.17) is 0 Å². The number of carbonyl (C=O) groups excluding carboxylic acids is 2. The first kappa shape index (κ1) is 17.7. The minimum absolute atomic E-state index is 0.149. The van der Waals surface area contributed by atoms with Crippen molar-refractivity contribution in [1.29, 1.82) is 0 Å². The number of amides is 2. The molecule has 4 rings (SSSR count). The fourth-order valence-corrected chi connectivity index (χ4v) is 4.61. The van der Waals surface area contributed by atoms with Crippen LogP contribution in [-0.2, 0) is 4.79 Å². The van der Waals surface area contributed by atoms with Crippen LogP contribution in [0.2, 0.25) is 0 Å². The number of thiazole rings is 2. The molecule has 0 bridgehead atoms. The second-order valence-corrected chi connectivity index (χ2v) is 8.03. The summed E-state index contributed by atoms with van der Waals surface area (Å²) in [4.78, 5) is 40.8. The molecule has 3 aromatic heterocycles. The molecule has 1 unspecified atom stereocenters. The highest BCUT2D eigenvalue weighted by atomic mass is 32.1. The van der Waals surface area contributed by atoms with Crippen molar-refractivity contribution in [2.45, 2.75) is 25.8 Å². The maximum atomic E-state index is 13.1. The molecule has 3 aromatic rings. The van der Waals surface area contributed by atoms with Gasteiger partial charge in [0.1, 0.15) is 15.9 Å². The van der Waals surface area contributed by atoms with Crippen LogP contribution in [0.1, 0.15) is 28.2 Å². The maximum absolute atomic E-state index is 13.1. The molecular weight excluding hydrogens is 382 g/mol. The van der Waals surface area contributed by atoms with Crippen molar-refractivity contribution in [2.24, 2.45) is 0 Å². The second-order valence-electron chi connectivity index (χ2n) is 6.13. The van der Waals surface area contributed by atoms with E-state index in [9.17, 15) is 9.59 Å². The summed E-state index contributed by atoms with van der Waals surface area (Å²) >= 11 is 2.68. The van der Waals surface area contributed by atoms with Crippen molar-refractivity contribution < 1.29 is 9.59 Å². The number of rotatable bonds is 4. The summed E-state index contributed by atoms with van der Waals surface area (Å²) in [5, 5.41) is 5.85. The molecule has 0 spiro atoms. The van der Waals surface area contributed by atoms with Crippen LogP contribution in [0.25, 0.3) is 10.7 Å². The van der Waals surface area contributed by atoms with Gasteiger partial charge >= 0.3 is 0 Å². The molecule has 1 fully saturated rings. The molecule has 9 heteroatoms. The van der Waals surface area contributed by atoms with E-state index in [1.807, 2.05) is 25.1 Å². The fourth-order valence-electron chi connectivity index (χ4n) is 3.08. The predicted octanol–water partition coefficient (Wildman–Crippen LogP) is 3.21. The molecule has 138 valence electrons. The van der Waals surface area contributed by atoms with E-state index in [0.29, 0.717) is 33.7 Å². The Labute approximate surface area is 164 Å². The van der Waals surface area contributed by atoms with Gasteiger partial charge in [-0.3, -0.25) is 14.6 Å². The highest BCUT2D eigenvalue weighted by molar-refractivity contribution is 7.17. The summed E-state index contributed by atoms with van der Waals surface area (Å²) in [5.41, 5.74) is 1.40. The van der Waals surface area contributed by atoms with Crippen LogP contribution < -0.4 is 5.32 Å². The summed E-state index contributed by atoms with van der Waals surface area (Å²) in [7, 11) is 0. The Morgan fingerprint density at radius 1 is 1.26 bits per heavy atom. The van der Waals surface area contributed by atoms with E-state index in [2.05, 4.69) is 20.3 Å². The van der Waals surface area contributed by atoms with Crippen molar-refractivity contribution in [2.75, 3.05) is 11.9 Å². The summed E-state index contributed by atoms with van der Waals surface area (Å²) in [6, 6.07) is 5.11. The molecule has 27 heavy (non-hydrogen) atoms. The molecule has 1 saturated heterocycles. The summed E-state index contributed by atoms with van der Waals surface area (Å²) < 4.78 is 0. The zero-order chi connectivity index (χ0) is 18.8. The van der Waals surface area contributed by atoms with Crippen LogP contribution in [0, 0.1) is 6.92 Å². The number of carbonyl (C=O) groups is 2. The molecule has 1 aliphatic rings. The number of anilines is 1. The third kappa shape index (κ3) is 3.60. The van der Waals surface area contributed by atoms with Crippen LogP contribution in [0.4, 0.5) is 5.13 Å². The van der Waals surface area contributed by atoms with E-state index in [0.717, 1.165) is 12.1 Å². The third-order valence-corrected chi connectivity index (χ3v) is 6.21. The number of aromatic nitrogens is 3. The number of hydrogen-bond donors (Lipinski definition) is 1. The van der Waals surface area contributed by atoms with Crippen LogP contribution in [0.15, 0.2) is 36.0 Å². The first-order chi connectivity index (χ1) is 13.1. The molecule has 0 aromatic carbocycles. The minimum Gasteiger partial charge on any atom is -0.326 e. The van der Waals surface area contributed by atoms with Crippen LogP contribution in [0.3, 0.4) is 0 Å². The van der Waals surface area contributed by atoms with Gasteiger partial charge in [0, 0.05) is 24.3 Å². The van der Waals surface area contributed by atoms with Gasteiger partial charge in [-0.2, -0.15) is 0 Å².